The van der Waals surface area contributed by atoms with E-state index in [1.165, 1.54) is 12.0 Å². The van der Waals surface area contributed by atoms with Crippen LogP contribution >= 0.6 is 0 Å². The Hall–Kier alpha value is -3.87. The topological polar surface area (TPSA) is 84.1 Å². The lowest BCUT2D eigenvalue weighted by Crippen LogP contribution is -2.45. The van der Waals surface area contributed by atoms with Crippen LogP contribution in [0.15, 0.2) is 82.6 Å². The Morgan fingerprint density at radius 2 is 1.81 bits per heavy atom. The first-order valence-electron chi connectivity index (χ1n) is 10.0. The standard InChI is InChI=1S/C24H23N3O4/c1-30-26-20-14-22(23(28)25-15-21-8-5-13-31-21)27(16-20)24(29)19-11-9-18(10-12-19)17-6-3-2-4-7-17/h2-13,22H,14-16H2,1H3,(H,25,28)/b26-20+. The Morgan fingerprint density at radius 3 is 2.48 bits per heavy atom. The van der Waals surface area contributed by atoms with Gasteiger partial charge in [-0.05, 0) is 35.4 Å². The molecule has 3 aromatic rings. The van der Waals surface area contributed by atoms with Crippen LogP contribution in [-0.2, 0) is 16.2 Å². The predicted octanol–water partition coefficient (Wildman–Crippen LogP) is 3.48. The molecule has 0 aliphatic carbocycles. The fourth-order valence-corrected chi connectivity index (χ4v) is 3.65. The second kappa shape index (κ2) is 9.30. The first-order valence-corrected chi connectivity index (χ1v) is 10.0. The number of hydrogen-bond donors (Lipinski definition) is 1. The summed E-state index contributed by atoms with van der Waals surface area (Å²) in [4.78, 5) is 32.5. The summed E-state index contributed by atoms with van der Waals surface area (Å²) in [6, 6.07) is 20.2. The molecule has 7 nitrogen and oxygen atoms in total. The molecule has 1 atom stereocenters. The number of benzene rings is 2. The molecule has 1 saturated heterocycles. The summed E-state index contributed by atoms with van der Waals surface area (Å²) < 4.78 is 5.26. The third-order valence-electron chi connectivity index (χ3n) is 5.20. The van der Waals surface area contributed by atoms with Crippen LogP contribution in [0, 0.1) is 0 Å². The number of likely N-dealkylation sites (tertiary alicyclic amines) is 1. The molecule has 2 heterocycles. The van der Waals surface area contributed by atoms with Crippen molar-refractivity contribution < 1.29 is 18.8 Å². The van der Waals surface area contributed by atoms with E-state index in [1.807, 2.05) is 42.5 Å². The average molecular weight is 417 g/mol. The molecule has 158 valence electrons. The number of hydrogen-bond acceptors (Lipinski definition) is 5. The van der Waals surface area contributed by atoms with Crippen molar-refractivity contribution >= 4 is 17.5 Å². The van der Waals surface area contributed by atoms with Gasteiger partial charge in [-0.3, -0.25) is 9.59 Å². The summed E-state index contributed by atoms with van der Waals surface area (Å²) in [6.07, 6.45) is 1.88. The van der Waals surface area contributed by atoms with Gasteiger partial charge in [0.15, 0.2) is 0 Å². The van der Waals surface area contributed by atoms with Crippen molar-refractivity contribution in [3.05, 3.63) is 84.3 Å². The van der Waals surface area contributed by atoms with Crippen LogP contribution in [0.1, 0.15) is 22.5 Å². The number of nitrogens with one attached hydrogen (secondary N) is 1. The summed E-state index contributed by atoms with van der Waals surface area (Å²) in [6.45, 7) is 0.499. The van der Waals surface area contributed by atoms with E-state index >= 15 is 0 Å². The minimum atomic E-state index is -0.662. The first-order chi connectivity index (χ1) is 15.2. The smallest absolute Gasteiger partial charge is 0.254 e. The summed E-state index contributed by atoms with van der Waals surface area (Å²) >= 11 is 0. The van der Waals surface area contributed by atoms with Crippen molar-refractivity contribution in [1.29, 1.82) is 0 Å². The Balaban J connectivity index is 1.51. The average Bonchev–Trinajstić information content (AvgIpc) is 3.48. The van der Waals surface area contributed by atoms with Crippen LogP contribution in [0.5, 0.6) is 0 Å². The number of amides is 2. The summed E-state index contributed by atoms with van der Waals surface area (Å²) in [5.41, 5.74) is 3.26. The van der Waals surface area contributed by atoms with Crippen molar-refractivity contribution in [1.82, 2.24) is 10.2 Å². The molecule has 0 radical (unpaired) electrons. The maximum absolute atomic E-state index is 13.2. The second-order valence-corrected chi connectivity index (χ2v) is 7.23. The summed E-state index contributed by atoms with van der Waals surface area (Å²) in [5, 5.41) is 6.80. The number of nitrogens with zero attached hydrogens (tertiary/aromatic N) is 2. The predicted molar refractivity (Wildman–Crippen MR) is 116 cm³/mol. The molecule has 1 aromatic heterocycles. The fraction of sp³-hybridized carbons (Fsp3) is 0.208. The van der Waals surface area contributed by atoms with E-state index in [4.69, 9.17) is 9.25 Å². The molecule has 0 spiro atoms. The van der Waals surface area contributed by atoms with E-state index in [0.29, 0.717) is 23.5 Å². The van der Waals surface area contributed by atoms with Gasteiger partial charge in [-0.2, -0.15) is 0 Å². The molecule has 2 aromatic carbocycles. The zero-order valence-corrected chi connectivity index (χ0v) is 17.2. The molecule has 1 N–H and O–H groups in total. The van der Waals surface area contributed by atoms with E-state index in [9.17, 15) is 9.59 Å². The molecule has 4 rings (SSSR count). The minimum Gasteiger partial charge on any atom is -0.467 e. The van der Waals surface area contributed by atoms with Gasteiger partial charge in [0, 0.05) is 12.0 Å². The van der Waals surface area contributed by atoms with E-state index in [2.05, 4.69) is 10.5 Å². The van der Waals surface area contributed by atoms with Gasteiger partial charge in [-0.25, -0.2) is 0 Å². The van der Waals surface area contributed by atoms with Crippen LogP contribution in [-0.4, -0.2) is 42.1 Å². The van der Waals surface area contributed by atoms with Crippen LogP contribution < -0.4 is 5.32 Å². The van der Waals surface area contributed by atoms with Crippen molar-refractivity contribution in [2.45, 2.75) is 19.0 Å². The summed E-state index contributed by atoms with van der Waals surface area (Å²) in [5.74, 6) is 0.164. The fourth-order valence-electron chi connectivity index (χ4n) is 3.65. The van der Waals surface area contributed by atoms with E-state index in [1.54, 1.807) is 30.5 Å². The highest BCUT2D eigenvalue weighted by molar-refractivity contribution is 6.05. The van der Waals surface area contributed by atoms with Gasteiger partial charge in [0.05, 0.1) is 25.1 Å². The third kappa shape index (κ3) is 4.66. The highest BCUT2D eigenvalue weighted by atomic mass is 16.6. The molecule has 0 saturated carbocycles. The lowest BCUT2D eigenvalue weighted by Gasteiger charge is -2.23. The number of carbonyl (C=O) groups excluding carboxylic acids is 2. The van der Waals surface area contributed by atoms with Crippen molar-refractivity contribution in [2.75, 3.05) is 13.7 Å². The quantitative estimate of drug-likeness (QED) is 0.623. The maximum atomic E-state index is 13.2. The molecular weight excluding hydrogens is 394 g/mol. The van der Waals surface area contributed by atoms with Gasteiger partial charge in [0.25, 0.3) is 5.91 Å². The van der Waals surface area contributed by atoms with Crippen LogP contribution in [0.2, 0.25) is 0 Å². The Kier molecular flexibility index (Phi) is 6.12. The zero-order valence-electron chi connectivity index (χ0n) is 17.2. The van der Waals surface area contributed by atoms with Crippen LogP contribution in [0.3, 0.4) is 0 Å². The van der Waals surface area contributed by atoms with E-state index < -0.39 is 6.04 Å². The highest BCUT2D eigenvalue weighted by Gasteiger charge is 2.38. The van der Waals surface area contributed by atoms with Gasteiger partial charge < -0.3 is 19.5 Å². The Labute approximate surface area is 180 Å². The third-order valence-corrected chi connectivity index (χ3v) is 5.20. The lowest BCUT2D eigenvalue weighted by atomic mass is 10.0. The SMILES string of the molecule is CO/N=C1\CC(C(=O)NCc2ccco2)N(C(=O)c2ccc(-c3ccccc3)cc2)C1. The normalized spacial score (nSPS) is 17.0. The second-order valence-electron chi connectivity index (χ2n) is 7.23. The molecule has 7 heteroatoms. The molecule has 0 bridgehead atoms. The molecular formula is C24H23N3O4. The van der Waals surface area contributed by atoms with E-state index in [0.717, 1.165) is 11.1 Å². The van der Waals surface area contributed by atoms with Crippen molar-refractivity contribution in [2.24, 2.45) is 5.16 Å². The zero-order chi connectivity index (χ0) is 21.6. The number of rotatable bonds is 6. The molecule has 1 aliphatic rings. The van der Waals surface area contributed by atoms with Crippen LogP contribution in [0.4, 0.5) is 0 Å². The monoisotopic (exact) mass is 417 g/mol. The van der Waals surface area contributed by atoms with Gasteiger partial charge in [-0.1, -0.05) is 47.6 Å². The highest BCUT2D eigenvalue weighted by Crippen LogP contribution is 2.23. The van der Waals surface area contributed by atoms with Gasteiger partial charge in [0.2, 0.25) is 5.91 Å². The van der Waals surface area contributed by atoms with Crippen molar-refractivity contribution in [3.8, 4) is 11.1 Å². The largest absolute Gasteiger partial charge is 0.467 e. The van der Waals surface area contributed by atoms with Gasteiger partial charge in [0.1, 0.15) is 18.9 Å². The van der Waals surface area contributed by atoms with Gasteiger partial charge in [-0.15, -0.1) is 0 Å². The van der Waals surface area contributed by atoms with E-state index in [-0.39, 0.29) is 24.9 Å². The summed E-state index contributed by atoms with van der Waals surface area (Å²) in [7, 11) is 1.45. The minimum absolute atomic E-state index is 0.223. The molecule has 1 aliphatic heterocycles. The van der Waals surface area contributed by atoms with Gasteiger partial charge >= 0.3 is 0 Å². The molecule has 31 heavy (non-hydrogen) atoms. The Morgan fingerprint density at radius 1 is 1.06 bits per heavy atom. The maximum Gasteiger partial charge on any atom is 0.254 e. The number of carbonyl (C=O) groups is 2. The molecule has 1 unspecified atom stereocenters. The lowest BCUT2D eigenvalue weighted by molar-refractivity contribution is -0.125. The number of furan rings is 1. The Bertz CT molecular complexity index is 1060. The van der Waals surface area contributed by atoms with Crippen molar-refractivity contribution in [3.63, 3.8) is 0 Å². The molecule has 2 amide bonds. The molecule has 1 fully saturated rings. The number of oxime groups is 1. The van der Waals surface area contributed by atoms with Crippen LogP contribution in [0.25, 0.3) is 11.1 Å². The first kappa shape index (κ1) is 20.4.